The predicted molar refractivity (Wildman–Crippen MR) is 106 cm³/mol. The molecule has 0 amide bonds. The molecule has 0 heterocycles. The Morgan fingerprint density at radius 3 is 2.31 bits per heavy atom. The molecular formula is C23H20F3NO2. The Hall–Kier alpha value is -3.28. The molecule has 0 saturated carbocycles. The lowest BCUT2D eigenvalue weighted by molar-refractivity contribution is 0.273. The third kappa shape index (κ3) is 5.85. The molecule has 0 radical (unpaired) electrons. The van der Waals surface area contributed by atoms with Gasteiger partial charge in [0.25, 0.3) is 0 Å². The van der Waals surface area contributed by atoms with Gasteiger partial charge in [-0.25, -0.2) is 18.2 Å². The van der Waals surface area contributed by atoms with Gasteiger partial charge in [0, 0.05) is 12.0 Å². The number of nitrogens with zero attached hydrogens (tertiary/aromatic N) is 1. The van der Waals surface area contributed by atoms with Crippen LogP contribution in [0, 0.1) is 23.4 Å². The van der Waals surface area contributed by atoms with Gasteiger partial charge in [-0.05, 0) is 54.1 Å². The highest BCUT2D eigenvalue weighted by molar-refractivity contribution is 5.81. The summed E-state index contributed by atoms with van der Waals surface area (Å²) in [6.07, 6.45) is 0. The fourth-order valence-corrected chi connectivity index (χ4v) is 2.50. The second-order valence-electron chi connectivity index (χ2n) is 6.70. The van der Waals surface area contributed by atoms with Crippen molar-refractivity contribution in [1.29, 1.82) is 0 Å². The first-order valence-electron chi connectivity index (χ1n) is 9.09. The summed E-state index contributed by atoms with van der Waals surface area (Å²) in [4.78, 5) is 4.29. The summed E-state index contributed by atoms with van der Waals surface area (Å²) in [5, 5.41) is 0. The molecule has 150 valence electrons. The van der Waals surface area contributed by atoms with Crippen LogP contribution in [0.3, 0.4) is 0 Å². The highest BCUT2D eigenvalue weighted by atomic mass is 19.2. The summed E-state index contributed by atoms with van der Waals surface area (Å²) < 4.78 is 51.0. The molecule has 3 nitrogen and oxygen atoms in total. The highest BCUT2D eigenvalue weighted by Gasteiger charge is 2.10. The van der Waals surface area contributed by atoms with Crippen LogP contribution < -0.4 is 4.74 Å². The Morgan fingerprint density at radius 1 is 0.862 bits per heavy atom. The van der Waals surface area contributed by atoms with E-state index in [1.807, 2.05) is 26.0 Å². The molecule has 3 rings (SSSR count). The number of hydrogen-bond donors (Lipinski definition) is 0. The number of benzene rings is 3. The highest BCUT2D eigenvalue weighted by Crippen LogP contribution is 2.23. The van der Waals surface area contributed by atoms with Gasteiger partial charge in [-0.3, -0.25) is 0 Å². The van der Waals surface area contributed by atoms with E-state index in [4.69, 9.17) is 9.47 Å². The van der Waals surface area contributed by atoms with Gasteiger partial charge >= 0.3 is 0 Å². The first-order valence-corrected chi connectivity index (χ1v) is 9.09. The summed E-state index contributed by atoms with van der Waals surface area (Å²) in [5.74, 6) is -0.758. The first kappa shape index (κ1) is 20.5. The van der Waals surface area contributed by atoms with Crippen LogP contribution in [0.25, 0.3) is 0 Å². The van der Waals surface area contributed by atoms with Crippen molar-refractivity contribution < 1.29 is 22.6 Å². The van der Waals surface area contributed by atoms with Crippen LogP contribution in [0.1, 0.15) is 19.4 Å². The Morgan fingerprint density at radius 2 is 1.62 bits per heavy atom. The van der Waals surface area contributed by atoms with Crippen LogP contribution in [-0.2, 0) is 11.3 Å². The molecule has 0 fully saturated rings. The van der Waals surface area contributed by atoms with Crippen molar-refractivity contribution in [3.05, 3.63) is 89.7 Å². The number of ether oxygens (including phenoxy) is 2. The molecule has 0 bridgehead atoms. The predicted octanol–water partition coefficient (Wildman–Crippen LogP) is 6.80. The summed E-state index contributed by atoms with van der Waals surface area (Å²) in [5.41, 5.74) is 1.12. The van der Waals surface area contributed by atoms with E-state index >= 15 is 0 Å². The molecule has 29 heavy (non-hydrogen) atoms. The fourth-order valence-electron chi connectivity index (χ4n) is 2.50. The van der Waals surface area contributed by atoms with Gasteiger partial charge in [0.2, 0.25) is 0 Å². The molecule has 6 heteroatoms. The van der Waals surface area contributed by atoms with E-state index in [9.17, 15) is 13.2 Å². The van der Waals surface area contributed by atoms with Crippen molar-refractivity contribution in [2.24, 2.45) is 10.9 Å². The van der Waals surface area contributed by atoms with Gasteiger partial charge in [-0.1, -0.05) is 26.0 Å². The molecule has 0 aliphatic heterocycles. The second kappa shape index (κ2) is 9.28. The number of halogens is 3. The Balaban J connectivity index is 1.70. The fraction of sp³-hybridized carbons (Fsp3) is 0.174. The van der Waals surface area contributed by atoms with E-state index in [1.165, 1.54) is 18.2 Å². The van der Waals surface area contributed by atoms with Gasteiger partial charge in [0.15, 0.2) is 17.5 Å². The molecule has 0 N–H and O–H groups in total. The van der Waals surface area contributed by atoms with Crippen LogP contribution in [-0.4, -0.2) is 5.90 Å². The quantitative estimate of drug-likeness (QED) is 0.337. The first-order chi connectivity index (χ1) is 13.9. The lowest BCUT2D eigenvalue weighted by Gasteiger charge is -2.13. The van der Waals surface area contributed by atoms with Crippen molar-refractivity contribution in [2.75, 3.05) is 0 Å². The van der Waals surface area contributed by atoms with Crippen LogP contribution in [0.4, 0.5) is 18.9 Å². The van der Waals surface area contributed by atoms with Gasteiger partial charge in [-0.15, -0.1) is 0 Å². The Kier molecular flexibility index (Phi) is 6.54. The zero-order chi connectivity index (χ0) is 20.8. The molecule has 3 aromatic carbocycles. The topological polar surface area (TPSA) is 30.8 Å². The molecule has 0 saturated heterocycles. The zero-order valence-electron chi connectivity index (χ0n) is 16.0. The van der Waals surface area contributed by atoms with E-state index in [0.29, 0.717) is 17.4 Å². The summed E-state index contributed by atoms with van der Waals surface area (Å²) in [6.45, 7) is 4.01. The standard InChI is InChI=1S/C23H20F3NO2/c1-15(2)23(27-18-8-11-21(25)22(26)13-18)28-14-16-4-3-5-20(12-16)29-19-9-6-17(24)7-10-19/h3-13,15H,14H2,1-2H3. The van der Waals surface area contributed by atoms with Gasteiger partial charge in [0.1, 0.15) is 23.9 Å². The van der Waals surface area contributed by atoms with Crippen molar-refractivity contribution >= 4 is 11.6 Å². The monoisotopic (exact) mass is 399 g/mol. The molecule has 0 aliphatic rings. The summed E-state index contributed by atoms with van der Waals surface area (Å²) >= 11 is 0. The van der Waals surface area contributed by atoms with Crippen molar-refractivity contribution in [1.82, 2.24) is 0 Å². The van der Waals surface area contributed by atoms with E-state index in [0.717, 1.165) is 17.7 Å². The molecular weight excluding hydrogens is 379 g/mol. The SMILES string of the molecule is CC(C)C(=Nc1ccc(F)c(F)c1)OCc1cccc(Oc2ccc(F)cc2)c1. The maximum Gasteiger partial charge on any atom is 0.191 e. The molecule has 0 unspecified atom stereocenters. The van der Waals surface area contributed by atoms with E-state index < -0.39 is 11.6 Å². The van der Waals surface area contributed by atoms with Gasteiger partial charge < -0.3 is 9.47 Å². The molecule has 3 aromatic rings. The molecule has 0 aromatic heterocycles. The van der Waals surface area contributed by atoms with Crippen molar-refractivity contribution in [2.45, 2.75) is 20.5 Å². The molecule has 0 spiro atoms. The average Bonchev–Trinajstić information content (AvgIpc) is 2.70. The van der Waals surface area contributed by atoms with Gasteiger partial charge in [-0.2, -0.15) is 0 Å². The Labute approximate surface area is 167 Å². The minimum Gasteiger partial charge on any atom is -0.476 e. The maximum absolute atomic E-state index is 13.4. The van der Waals surface area contributed by atoms with E-state index in [-0.39, 0.29) is 24.0 Å². The number of hydrogen-bond acceptors (Lipinski definition) is 3. The Bertz CT molecular complexity index is 1000. The third-order valence-electron chi connectivity index (χ3n) is 3.97. The number of rotatable bonds is 6. The maximum atomic E-state index is 13.4. The van der Waals surface area contributed by atoms with Crippen LogP contribution in [0.2, 0.25) is 0 Å². The smallest absolute Gasteiger partial charge is 0.191 e. The van der Waals surface area contributed by atoms with Crippen LogP contribution in [0.15, 0.2) is 71.7 Å². The van der Waals surface area contributed by atoms with Gasteiger partial charge in [0.05, 0.1) is 5.69 Å². The number of aliphatic imine (C=N–C) groups is 1. The average molecular weight is 399 g/mol. The van der Waals surface area contributed by atoms with Crippen molar-refractivity contribution in [3.8, 4) is 11.5 Å². The molecule has 0 aliphatic carbocycles. The third-order valence-corrected chi connectivity index (χ3v) is 3.97. The van der Waals surface area contributed by atoms with E-state index in [2.05, 4.69) is 4.99 Å². The van der Waals surface area contributed by atoms with Crippen LogP contribution >= 0.6 is 0 Å². The lowest BCUT2D eigenvalue weighted by Crippen LogP contribution is -2.12. The zero-order valence-corrected chi connectivity index (χ0v) is 16.0. The minimum absolute atomic E-state index is 0.0539. The summed E-state index contributed by atoms with van der Waals surface area (Å²) in [6, 6.07) is 16.5. The molecule has 0 atom stereocenters. The van der Waals surface area contributed by atoms with E-state index in [1.54, 1.807) is 24.3 Å². The van der Waals surface area contributed by atoms with Crippen molar-refractivity contribution in [3.63, 3.8) is 0 Å². The minimum atomic E-state index is -0.958. The van der Waals surface area contributed by atoms with Crippen LogP contribution in [0.5, 0.6) is 11.5 Å². The second-order valence-corrected chi connectivity index (χ2v) is 6.70. The normalized spacial score (nSPS) is 11.6. The largest absolute Gasteiger partial charge is 0.476 e. The lowest BCUT2D eigenvalue weighted by atomic mass is 10.2. The summed E-state index contributed by atoms with van der Waals surface area (Å²) in [7, 11) is 0.